The minimum atomic E-state index is 0.513. The molecule has 0 amide bonds. The van der Waals surface area contributed by atoms with E-state index in [2.05, 4.69) is 47.5 Å². The lowest BCUT2D eigenvalue weighted by Gasteiger charge is -2.48. The molecule has 1 aliphatic heterocycles. The summed E-state index contributed by atoms with van der Waals surface area (Å²) in [6, 6.07) is 1.64. The van der Waals surface area contributed by atoms with E-state index in [1.165, 1.54) is 0 Å². The van der Waals surface area contributed by atoms with Gasteiger partial charge in [0.05, 0.1) is 0 Å². The summed E-state index contributed by atoms with van der Waals surface area (Å²) in [5.41, 5.74) is 1.12. The van der Waals surface area contributed by atoms with Crippen LogP contribution in [-0.4, -0.2) is 46.1 Å². The van der Waals surface area contributed by atoms with Crippen LogP contribution in [0.1, 0.15) is 46.1 Å². The number of hydrogen-bond donors (Lipinski definition) is 0. The van der Waals surface area contributed by atoms with Crippen molar-refractivity contribution in [2.75, 3.05) is 18.0 Å². The second-order valence-electron chi connectivity index (χ2n) is 6.14. The summed E-state index contributed by atoms with van der Waals surface area (Å²) in [4.78, 5) is 14.2. The molecule has 1 aromatic heterocycles. The first-order chi connectivity index (χ1) is 9.56. The van der Waals surface area contributed by atoms with Crippen molar-refractivity contribution in [3.63, 3.8) is 0 Å². The van der Waals surface area contributed by atoms with Gasteiger partial charge in [-0.2, -0.15) is 0 Å². The standard InChI is InChI=1S/C16H28N4/c1-6-14-10-19(12(3)4)11-15(7-2)20(14)16-17-8-13(5)9-18-16/h8-9,12,14-15H,6-7,10-11H2,1-5H3. The molecule has 1 aliphatic rings. The average Bonchev–Trinajstić information content (AvgIpc) is 2.46. The molecule has 2 rings (SSSR count). The molecule has 2 unspecified atom stereocenters. The predicted molar refractivity (Wildman–Crippen MR) is 84.1 cm³/mol. The van der Waals surface area contributed by atoms with Crippen molar-refractivity contribution < 1.29 is 0 Å². The zero-order valence-electron chi connectivity index (χ0n) is 13.5. The molecule has 4 nitrogen and oxygen atoms in total. The van der Waals surface area contributed by atoms with E-state index in [1.54, 1.807) is 0 Å². The zero-order chi connectivity index (χ0) is 14.7. The summed E-state index contributed by atoms with van der Waals surface area (Å²) in [6.07, 6.45) is 6.13. The normalized spacial score (nSPS) is 24.4. The molecular weight excluding hydrogens is 248 g/mol. The van der Waals surface area contributed by atoms with E-state index >= 15 is 0 Å². The molecule has 0 saturated carbocycles. The second-order valence-corrected chi connectivity index (χ2v) is 6.14. The number of anilines is 1. The Hall–Kier alpha value is -1.16. The molecule has 0 bridgehead atoms. The van der Waals surface area contributed by atoms with Gasteiger partial charge in [-0.15, -0.1) is 0 Å². The van der Waals surface area contributed by atoms with Crippen molar-refractivity contribution in [2.45, 2.75) is 65.6 Å². The first-order valence-electron chi connectivity index (χ1n) is 7.87. The third-order valence-corrected chi connectivity index (χ3v) is 4.35. The van der Waals surface area contributed by atoms with E-state index in [4.69, 9.17) is 0 Å². The summed E-state index contributed by atoms with van der Waals surface area (Å²) < 4.78 is 0. The summed E-state index contributed by atoms with van der Waals surface area (Å²) in [6.45, 7) is 13.4. The Labute approximate surface area is 123 Å². The van der Waals surface area contributed by atoms with Crippen molar-refractivity contribution in [1.82, 2.24) is 14.9 Å². The fraction of sp³-hybridized carbons (Fsp3) is 0.750. The van der Waals surface area contributed by atoms with E-state index < -0.39 is 0 Å². The molecule has 1 aromatic rings. The van der Waals surface area contributed by atoms with Crippen molar-refractivity contribution in [2.24, 2.45) is 0 Å². The molecule has 4 heteroatoms. The predicted octanol–water partition coefficient (Wildman–Crippen LogP) is 2.87. The van der Waals surface area contributed by atoms with Gasteiger partial charge in [0.15, 0.2) is 0 Å². The van der Waals surface area contributed by atoms with E-state index in [9.17, 15) is 0 Å². The van der Waals surface area contributed by atoms with Gasteiger partial charge in [0.25, 0.3) is 0 Å². The summed E-state index contributed by atoms with van der Waals surface area (Å²) in [5.74, 6) is 0.901. The third kappa shape index (κ3) is 3.11. The highest BCUT2D eigenvalue weighted by Crippen LogP contribution is 2.25. The number of rotatable bonds is 4. The number of hydrogen-bond acceptors (Lipinski definition) is 4. The molecule has 0 N–H and O–H groups in total. The van der Waals surface area contributed by atoms with Crippen molar-refractivity contribution in [3.8, 4) is 0 Å². The molecule has 112 valence electrons. The molecule has 1 saturated heterocycles. The van der Waals surface area contributed by atoms with Gasteiger partial charge in [0.1, 0.15) is 0 Å². The maximum absolute atomic E-state index is 4.56. The minimum absolute atomic E-state index is 0.513. The van der Waals surface area contributed by atoms with Crippen LogP contribution in [-0.2, 0) is 0 Å². The molecular formula is C16H28N4. The van der Waals surface area contributed by atoms with Crippen molar-refractivity contribution >= 4 is 5.95 Å². The van der Waals surface area contributed by atoms with E-state index in [0.717, 1.165) is 37.4 Å². The largest absolute Gasteiger partial charge is 0.332 e. The highest BCUT2D eigenvalue weighted by molar-refractivity contribution is 5.35. The van der Waals surface area contributed by atoms with Gasteiger partial charge in [-0.25, -0.2) is 9.97 Å². The van der Waals surface area contributed by atoms with Crippen LogP contribution in [0.25, 0.3) is 0 Å². The summed E-state index contributed by atoms with van der Waals surface area (Å²) in [7, 11) is 0. The highest BCUT2D eigenvalue weighted by Gasteiger charge is 2.34. The van der Waals surface area contributed by atoms with Gasteiger partial charge in [0.2, 0.25) is 5.95 Å². The summed E-state index contributed by atoms with van der Waals surface area (Å²) in [5, 5.41) is 0. The summed E-state index contributed by atoms with van der Waals surface area (Å²) >= 11 is 0. The Morgan fingerprint density at radius 1 is 1.10 bits per heavy atom. The first kappa shape index (κ1) is 15.2. The molecule has 0 aliphatic carbocycles. The Morgan fingerprint density at radius 3 is 2.00 bits per heavy atom. The number of aromatic nitrogens is 2. The van der Waals surface area contributed by atoms with Crippen LogP contribution in [0.4, 0.5) is 5.95 Å². The molecule has 0 spiro atoms. The molecule has 2 heterocycles. The van der Waals surface area contributed by atoms with Crippen LogP contribution < -0.4 is 4.90 Å². The van der Waals surface area contributed by atoms with Crippen LogP contribution in [0.2, 0.25) is 0 Å². The lowest BCUT2D eigenvalue weighted by atomic mass is 10.0. The average molecular weight is 276 g/mol. The smallest absolute Gasteiger partial charge is 0.225 e. The minimum Gasteiger partial charge on any atom is -0.332 e. The number of aryl methyl sites for hydroxylation is 1. The van der Waals surface area contributed by atoms with Gasteiger partial charge in [-0.1, -0.05) is 13.8 Å². The Balaban J connectivity index is 2.26. The number of piperazine rings is 1. The van der Waals surface area contributed by atoms with Crippen LogP contribution in [0.5, 0.6) is 0 Å². The maximum atomic E-state index is 4.56. The Kier molecular flexibility index (Phi) is 4.97. The topological polar surface area (TPSA) is 32.3 Å². The van der Waals surface area contributed by atoms with Crippen LogP contribution in [0.15, 0.2) is 12.4 Å². The van der Waals surface area contributed by atoms with Gasteiger partial charge in [-0.3, -0.25) is 4.90 Å². The zero-order valence-corrected chi connectivity index (χ0v) is 13.5. The van der Waals surface area contributed by atoms with Gasteiger partial charge < -0.3 is 4.90 Å². The maximum Gasteiger partial charge on any atom is 0.225 e. The monoisotopic (exact) mass is 276 g/mol. The molecule has 0 radical (unpaired) electrons. The molecule has 2 atom stereocenters. The first-order valence-corrected chi connectivity index (χ1v) is 7.87. The number of nitrogens with zero attached hydrogens (tertiary/aromatic N) is 4. The molecule has 20 heavy (non-hydrogen) atoms. The van der Waals surface area contributed by atoms with E-state index in [-0.39, 0.29) is 0 Å². The van der Waals surface area contributed by atoms with Gasteiger partial charge >= 0.3 is 0 Å². The van der Waals surface area contributed by atoms with Crippen LogP contribution >= 0.6 is 0 Å². The molecule has 0 aromatic carbocycles. The van der Waals surface area contributed by atoms with Crippen LogP contribution in [0, 0.1) is 6.92 Å². The fourth-order valence-corrected chi connectivity index (χ4v) is 3.01. The lowest BCUT2D eigenvalue weighted by Crippen LogP contribution is -2.60. The third-order valence-electron chi connectivity index (χ3n) is 4.35. The fourth-order valence-electron chi connectivity index (χ4n) is 3.01. The SMILES string of the molecule is CCC1CN(C(C)C)CC(CC)N1c1ncc(C)cn1. The van der Waals surface area contributed by atoms with E-state index in [0.29, 0.717) is 18.1 Å². The lowest BCUT2D eigenvalue weighted by molar-refractivity contribution is 0.147. The van der Waals surface area contributed by atoms with Crippen molar-refractivity contribution in [3.05, 3.63) is 18.0 Å². The van der Waals surface area contributed by atoms with Gasteiger partial charge in [0, 0.05) is 43.6 Å². The second kappa shape index (κ2) is 6.53. The Morgan fingerprint density at radius 2 is 1.60 bits per heavy atom. The quantitative estimate of drug-likeness (QED) is 0.846. The molecule has 1 fully saturated rings. The highest BCUT2D eigenvalue weighted by atomic mass is 15.4. The van der Waals surface area contributed by atoms with Gasteiger partial charge in [-0.05, 0) is 39.2 Å². The Bertz CT molecular complexity index is 401. The van der Waals surface area contributed by atoms with Crippen molar-refractivity contribution in [1.29, 1.82) is 0 Å². The van der Waals surface area contributed by atoms with Crippen LogP contribution in [0.3, 0.4) is 0 Å². The van der Waals surface area contributed by atoms with E-state index in [1.807, 2.05) is 19.3 Å².